The lowest BCUT2D eigenvalue weighted by Gasteiger charge is -2.41. The Morgan fingerprint density at radius 1 is 0.885 bits per heavy atom. The maximum Gasteiger partial charge on any atom is 0.203 e. The fourth-order valence-corrected chi connectivity index (χ4v) is 5.44. The fraction of sp³-hybridized carbons (Fsp3) is 0.714. The van der Waals surface area contributed by atoms with E-state index in [-0.39, 0.29) is 0 Å². The summed E-state index contributed by atoms with van der Waals surface area (Å²) in [5.74, 6) is 4.21. The third kappa shape index (κ3) is 3.27. The van der Waals surface area contributed by atoms with Gasteiger partial charge in [0.15, 0.2) is 11.5 Å². The molecule has 0 spiro atoms. The number of fused-ring (bicyclic) bond motifs is 2. The Morgan fingerprint density at radius 3 is 2.23 bits per heavy atom. The Hall–Kier alpha value is -1.46. The fourth-order valence-electron chi connectivity index (χ4n) is 5.44. The average molecular weight is 360 g/mol. The van der Waals surface area contributed by atoms with Crippen LogP contribution in [0.5, 0.6) is 17.2 Å². The molecule has 144 valence electrons. The van der Waals surface area contributed by atoms with Crippen molar-refractivity contribution in [1.29, 1.82) is 0 Å². The molecule has 1 aromatic rings. The SMILES string of the molecule is COc1ccc(CN2CCN([C@@H]3C[C@H]4CC[C@H]3C4)CC2)c(OC)c1OC. The second kappa shape index (κ2) is 7.65. The molecule has 3 fully saturated rings. The number of piperazine rings is 1. The van der Waals surface area contributed by atoms with Crippen LogP contribution in [0.2, 0.25) is 0 Å². The van der Waals surface area contributed by atoms with Crippen molar-refractivity contribution in [2.45, 2.75) is 38.3 Å². The Balaban J connectivity index is 1.38. The van der Waals surface area contributed by atoms with Crippen LogP contribution in [-0.4, -0.2) is 63.4 Å². The van der Waals surface area contributed by atoms with E-state index in [0.717, 1.165) is 43.3 Å². The van der Waals surface area contributed by atoms with E-state index in [9.17, 15) is 0 Å². The topological polar surface area (TPSA) is 34.2 Å². The molecule has 0 aromatic heterocycles. The van der Waals surface area contributed by atoms with Gasteiger partial charge in [-0.3, -0.25) is 9.80 Å². The van der Waals surface area contributed by atoms with Crippen LogP contribution in [0.15, 0.2) is 12.1 Å². The second-order valence-corrected chi connectivity index (χ2v) is 8.05. The van der Waals surface area contributed by atoms with E-state index in [1.165, 1.54) is 44.3 Å². The zero-order valence-corrected chi connectivity index (χ0v) is 16.4. The molecule has 1 aliphatic heterocycles. The van der Waals surface area contributed by atoms with E-state index in [1.807, 2.05) is 6.07 Å². The zero-order valence-electron chi connectivity index (χ0n) is 16.4. The first-order chi connectivity index (χ1) is 12.7. The molecule has 0 radical (unpaired) electrons. The van der Waals surface area contributed by atoms with Gasteiger partial charge < -0.3 is 14.2 Å². The van der Waals surface area contributed by atoms with Crippen LogP contribution in [0.4, 0.5) is 0 Å². The van der Waals surface area contributed by atoms with Gasteiger partial charge in [-0.1, -0.05) is 12.5 Å². The first kappa shape index (κ1) is 17.9. The number of rotatable bonds is 6. The van der Waals surface area contributed by atoms with E-state index >= 15 is 0 Å². The summed E-state index contributed by atoms with van der Waals surface area (Å²) in [5, 5.41) is 0. The molecule has 3 atom stereocenters. The lowest BCUT2D eigenvalue weighted by atomic mass is 9.93. The largest absolute Gasteiger partial charge is 0.493 e. The number of hydrogen-bond acceptors (Lipinski definition) is 5. The summed E-state index contributed by atoms with van der Waals surface area (Å²) in [5.41, 5.74) is 1.17. The molecule has 1 aromatic carbocycles. The summed E-state index contributed by atoms with van der Waals surface area (Å²) < 4.78 is 16.6. The van der Waals surface area contributed by atoms with Gasteiger partial charge in [0.1, 0.15) is 0 Å². The molecular weight excluding hydrogens is 328 g/mol. The highest BCUT2D eigenvalue weighted by Crippen LogP contribution is 2.47. The standard InChI is InChI=1S/C21H32N2O3/c1-24-19-7-6-17(20(25-2)21(19)26-3)14-22-8-10-23(11-9-22)18-13-15-4-5-16(18)12-15/h6-7,15-16,18H,4-5,8-14H2,1-3H3/t15-,16-,18+/m0/s1. The lowest BCUT2D eigenvalue weighted by molar-refractivity contribution is 0.0675. The van der Waals surface area contributed by atoms with Crippen LogP contribution in [0.1, 0.15) is 31.2 Å². The Bertz CT molecular complexity index is 628. The van der Waals surface area contributed by atoms with Gasteiger partial charge in [0, 0.05) is 44.3 Å². The highest BCUT2D eigenvalue weighted by Gasteiger charge is 2.42. The van der Waals surface area contributed by atoms with Gasteiger partial charge >= 0.3 is 0 Å². The Labute approximate surface area is 157 Å². The quantitative estimate of drug-likeness (QED) is 0.779. The average Bonchev–Trinajstić information content (AvgIpc) is 3.31. The van der Waals surface area contributed by atoms with Gasteiger partial charge in [-0.2, -0.15) is 0 Å². The normalized spacial score (nSPS) is 29.1. The minimum Gasteiger partial charge on any atom is -0.493 e. The third-order valence-electron chi connectivity index (χ3n) is 6.76. The van der Waals surface area contributed by atoms with Crippen molar-refractivity contribution in [2.75, 3.05) is 47.5 Å². The van der Waals surface area contributed by atoms with Crippen molar-refractivity contribution in [3.05, 3.63) is 17.7 Å². The monoisotopic (exact) mass is 360 g/mol. The van der Waals surface area contributed by atoms with E-state index in [2.05, 4.69) is 15.9 Å². The summed E-state index contributed by atoms with van der Waals surface area (Å²) >= 11 is 0. The van der Waals surface area contributed by atoms with Crippen LogP contribution >= 0.6 is 0 Å². The van der Waals surface area contributed by atoms with Crippen molar-refractivity contribution in [2.24, 2.45) is 11.8 Å². The second-order valence-electron chi connectivity index (χ2n) is 8.05. The molecule has 2 bridgehead atoms. The molecule has 2 aliphatic carbocycles. The molecule has 4 rings (SSSR count). The van der Waals surface area contributed by atoms with Crippen molar-refractivity contribution < 1.29 is 14.2 Å². The predicted octanol–water partition coefficient (Wildman–Crippen LogP) is 3.02. The molecule has 2 saturated carbocycles. The Morgan fingerprint density at radius 2 is 1.65 bits per heavy atom. The van der Waals surface area contributed by atoms with E-state index in [1.54, 1.807) is 21.3 Å². The summed E-state index contributed by atoms with van der Waals surface area (Å²) in [4.78, 5) is 5.31. The van der Waals surface area contributed by atoms with Gasteiger partial charge in [0.05, 0.1) is 21.3 Å². The van der Waals surface area contributed by atoms with E-state index in [4.69, 9.17) is 14.2 Å². The minimum atomic E-state index is 0.688. The summed E-state index contributed by atoms with van der Waals surface area (Å²) in [6, 6.07) is 4.94. The van der Waals surface area contributed by atoms with Crippen molar-refractivity contribution >= 4 is 0 Å². The van der Waals surface area contributed by atoms with Crippen molar-refractivity contribution in [3.63, 3.8) is 0 Å². The lowest BCUT2D eigenvalue weighted by Crippen LogP contribution is -2.51. The van der Waals surface area contributed by atoms with Crippen molar-refractivity contribution in [1.82, 2.24) is 9.80 Å². The molecule has 1 heterocycles. The predicted molar refractivity (Wildman–Crippen MR) is 102 cm³/mol. The number of benzene rings is 1. The number of methoxy groups -OCH3 is 3. The molecule has 1 saturated heterocycles. The molecule has 0 N–H and O–H groups in total. The third-order valence-corrected chi connectivity index (χ3v) is 6.76. The number of nitrogens with zero attached hydrogens (tertiary/aromatic N) is 2. The summed E-state index contributed by atoms with van der Waals surface area (Å²) in [6.07, 6.45) is 5.90. The van der Waals surface area contributed by atoms with Crippen LogP contribution in [0, 0.1) is 11.8 Å². The molecule has 26 heavy (non-hydrogen) atoms. The highest BCUT2D eigenvalue weighted by atomic mass is 16.5. The molecule has 3 aliphatic rings. The number of hydrogen-bond donors (Lipinski definition) is 0. The van der Waals surface area contributed by atoms with Gasteiger partial charge in [-0.25, -0.2) is 0 Å². The first-order valence-corrected chi connectivity index (χ1v) is 9.97. The van der Waals surface area contributed by atoms with Crippen LogP contribution in [0.3, 0.4) is 0 Å². The highest BCUT2D eigenvalue weighted by molar-refractivity contribution is 5.55. The number of ether oxygens (including phenoxy) is 3. The maximum atomic E-state index is 5.65. The van der Waals surface area contributed by atoms with Crippen LogP contribution < -0.4 is 14.2 Å². The minimum absolute atomic E-state index is 0.688. The summed E-state index contributed by atoms with van der Waals surface area (Å²) in [7, 11) is 5.03. The van der Waals surface area contributed by atoms with Gasteiger partial charge in [-0.15, -0.1) is 0 Å². The smallest absolute Gasteiger partial charge is 0.203 e. The zero-order chi connectivity index (χ0) is 18.1. The molecule has 5 heteroatoms. The maximum absolute atomic E-state index is 5.65. The molecule has 0 amide bonds. The van der Waals surface area contributed by atoms with Crippen LogP contribution in [-0.2, 0) is 6.54 Å². The van der Waals surface area contributed by atoms with E-state index < -0.39 is 0 Å². The molecular formula is C21H32N2O3. The molecule has 5 nitrogen and oxygen atoms in total. The molecule has 0 unspecified atom stereocenters. The first-order valence-electron chi connectivity index (χ1n) is 9.97. The van der Waals surface area contributed by atoms with E-state index in [0.29, 0.717) is 11.5 Å². The Kier molecular flexibility index (Phi) is 5.28. The van der Waals surface area contributed by atoms with Crippen LogP contribution in [0.25, 0.3) is 0 Å². The summed E-state index contributed by atoms with van der Waals surface area (Å²) in [6.45, 7) is 5.55. The van der Waals surface area contributed by atoms with Crippen molar-refractivity contribution in [3.8, 4) is 17.2 Å². The van der Waals surface area contributed by atoms with Gasteiger partial charge in [0.25, 0.3) is 0 Å². The van der Waals surface area contributed by atoms with Gasteiger partial charge in [-0.05, 0) is 37.2 Å². The van der Waals surface area contributed by atoms with Gasteiger partial charge in [0.2, 0.25) is 5.75 Å².